The molecule has 1 aliphatic rings. The van der Waals surface area contributed by atoms with Crippen LogP contribution in [0.2, 0.25) is 0 Å². The molecule has 1 heterocycles. The SMILES string of the molecule is C=C[C@H]1C(=C)NC1=O. The first-order valence-electron chi connectivity index (χ1n) is 2.38. The molecule has 1 aliphatic heterocycles. The minimum atomic E-state index is -0.130. The van der Waals surface area contributed by atoms with Crippen LogP contribution in [-0.4, -0.2) is 5.91 Å². The summed E-state index contributed by atoms with van der Waals surface area (Å²) in [5.41, 5.74) is 0.755. The van der Waals surface area contributed by atoms with Crippen molar-refractivity contribution in [2.75, 3.05) is 0 Å². The Balaban J connectivity index is 2.65. The molecule has 0 unspecified atom stereocenters. The average Bonchev–Trinajstić information content (AvgIpc) is 1.67. The van der Waals surface area contributed by atoms with E-state index in [1.165, 1.54) is 0 Å². The highest BCUT2D eigenvalue weighted by molar-refractivity contribution is 5.92. The van der Waals surface area contributed by atoms with Crippen molar-refractivity contribution in [3.8, 4) is 0 Å². The van der Waals surface area contributed by atoms with Gasteiger partial charge in [0.15, 0.2) is 0 Å². The van der Waals surface area contributed by atoms with Crippen LogP contribution < -0.4 is 5.32 Å². The van der Waals surface area contributed by atoms with E-state index >= 15 is 0 Å². The van der Waals surface area contributed by atoms with Gasteiger partial charge in [0.25, 0.3) is 0 Å². The van der Waals surface area contributed by atoms with E-state index in [1.54, 1.807) is 6.08 Å². The standard InChI is InChI=1S/C6H7NO/c1-3-5-4(2)7-6(5)8/h3,5H,1-2H2,(H,7,8)/t5-/m0/s1. The molecule has 2 heteroatoms. The van der Waals surface area contributed by atoms with Gasteiger partial charge in [0.05, 0.1) is 5.92 Å². The van der Waals surface area contributed by atoms with Gasteiger partial charge in [-0.3, -0.25) is 4.79 Å². The molecule has 1 fully saturated rings. The first-order valence-corrected chi connectivity index (χ1v) is 2.38. The number of carbonyl (C=O) groups excluding carboxylic acids is 1. The second kappa shape index (κ2) is 1.47. The second-order valence-electron chi connectivity index (χ2n) is 1.73. The second-order valence-corrected chi connectivity index (χ2v) is 1.73. The van der Waals surface area contributed by atoms with Crippen molar-refractivity contribution >= 4 is 5.91 Å². The number of rotatable bonds is 1. The van der Waals surface area contributed by atoms with E-state index in [0.29, 0.717) is 0 Å². The predicted molar refractivity (Wildman–Crippen MR) is 31.0 cm³/mol. The highest BCUT2D eigenvalue weighted by atomic mass is 16.2. The van der Waals surface area contributed by atoms with Crippen LogP contribution in [0.5, 0.6) is 0 Å². The quantitative estimate of drug-likeness (QED) is 0.384. The lowest BCUT2D eigenvalue weighted by Gasteiger charge is -2.25. The lowest BCUT2D eigenvalue weighted by Crippen LogP contribution is -2.44. The van der Waals surface area contributed by atoms with Crippen LogP contribution in [0.1, 0.15) is 0 Å². The maximum absolute atomic E-state index is 10.4. The van der Waals surface area contributed by atoms with Crippen molar-refractivity contribution < 1.29 is 4.79 Å². The molecule has 8 heavy (non-hydrogen) atoms. The largest absolute Gasteiger partial charge is 0.328 e. The number of amides is 1. The third-order valence-corrected chi connectivity index (χ3v) is 1.18. The van der Waals surface area contributed by atoms with Gasteiger partial charge in [-0.2, -0.15) is 0 Å². The summed E-state index contributed by atoms with van der Waals surface area (Å²) in [5.74, 6) is -0.125. The van der Waals surface area contributed by atoms with Gasteiger partial charge < -0.3 is 5.32 Å². The molecular formula is C6H7NO. The fourth-order valence-corrected chi connectivity index (χ4v) is 0.644. The Hall–Kier alpha value is -1.05. The van der Waals surface area contributed by atoms with Crippen molar-refractivity contribution in [1.29, 1.82) is 0 Å². The summed E-state index contributed by atoms with van der Waals surface area (Å²) in [7, 11) is 0. The van der Waals surface area contributed by atoms with E-state index in [9.17, 15) is 4.79 Å². The molecular weight excluding hydrogens is 102 g/mol. The highest BCUT2D eigenvalue weighted by Crippen LogP contribution is 2.16. The summed E-state index contributed by atoms with van der Waals surface area (Å²) in [6.07, 6.45) is 1.58. The van der Waals surface area contributed by atoms with Crippen molar-refractivity contribution in [3.63, 3.8) is 0 Å². The number of hydrogen-bond donors (Lipinski definition) is 1. The minimum absolute atomic E-state index is 0.00463. The van der Waals surface area contributed by atoms with Crippen molar-refractivity contribution in [3.05, 3.63) is 24.9 Å². The van der Waals surface area contributed by atoms with Crippen LogP contribution in [0.25, 0.3) is 0 Å². The van der Waals surface area contributed by atoms with E-state index < -0.39 is 0 Å². The molecule has 1 atom stereocenters. The normalized spacial score (nSPS) is 26.2. The molecule has 42 valence electrons. The maximum atomic E-state index is 10.4. The van der Waals surface area contributed by atoms with Gasteiger partial charge in [-0.1, -0.05) is 12.7 Å². The fraction of sp³-hybridized carbons (Fsp3) is 0.167. The third-order valence-electron chi connectivity index (χ3n) is 1.18. The highest BCUT2D eigenvalue weighted by Gasteiger charge is 2.28. The van der Waals surface area contributed by atoms with Gasteiger partial charge in [-0.05, 0) is 0 Å². The zero-order chi connectivity index (χ0) is 6.15. The first-order chi connectivity index (χ1) is 3.75. The van der Waals surface area contributed by atoms with Gasteiger partial charge >= 0.3 is 0 Å². The van der Waals surface area contributed by atoms with E-state index in [4.69, 9.17) is 0 Å². The maximum Gasteiger partial charge on any atom is 0.237 e. The van der Waals surface area contributed by atoms with E-state index in [-0.39, 0.29) is 11.8 Å². The minimum Gasteiger partial charge on any atom is -0.328 e. The fourth-order valence-electron chi connectivity index (χ4n) is 0.644. The smallest absolute Gasteiger partial charge is 0.237 e. The summed E-state index contributed by atoms with van der Waals surface area (Å²) in [6, 6.07) is 0. The third kappa shape index (κ3) is 0.461. The zero-order valence-corrected chi connectivity index (χ0v) is 4.48. The number of hydrogen-bond acceptors (Lipinski definition) is 1. The Bertz CT molecular complexity index is 146. The monoisotopic (exact) mass is 109 g/mol. The molecule has 1 N–H and O–H groups in total. The molecule has 0 aliphatic carbocycles. The summed E-state index contributed by atoms with van der Waals surface area (Å²) in [4.78, 5) is 10.4. The average molecular weight is 109 g/mol. The number of nitrogens with one attached hydrogen (secondary N) is 1. The molecule has 1 saturated heterocycles. The summed E-state index contributed by atoms with van der Waals surface area (Å²) >= 11 is 0. The molecule has 1 amide bonds. The molecule has 2 nitrogen and oxygen atoms in total. The topological polar surface area (TPSA) is 29.1 Å². The molecule has 0 spiro atoms. The van der Waals surface area contributed by atoms with Crippen LogP contribution in [0.3, 0.4) is 0 Å². The lowest BCUT2D eigenvalue weighted by molar-refractivity contribution is -0.126. The van der Waals surface area contributed by atoms with Gasteiger partial charge in [-0.15, -0.1) is 6.58 Å². The molecule has 0 saturated carbocycles. The van der Waals surface area contributed by atoms with Crippen molar-refractivity contribution in [2.24, 2.45) is 5.92 Å². The Kier molecular flexibility index (Phi) is 0.938. The first kappa shape index (κ1) is 5.09. The summed E-state index contributed by atoms with van der Waals surface area (Å²) < 4.78 is 0. The van der Waals surface area contributed by atoms with E-state index in [0.717, 1.165) is 5.70 Å². The van der Waals surface area contributed by atoms with Gasteiger partial charge in [0, 0.05) is 5.70 Å². The molecule has 0 aromatic carbocycles. The van der Waals surface area contributed by atoms with E-state index in [1.807, 2.05) is 0 Å². The summed E-state index contributed by atoms with van der Waals surface area (Å²) in [5, 5.41) is 2.50. The van der Waals surface area contributed by atoms with Crippen molar-refractivity contribution in [2.45, 2.75) is 0 Å². The Morgan fingerprint density at radius 3 is 2.50 bits per heavy atom. The molecule has 0 bridgehead atoms. The Morgan fingerprint density at radius 1 is 1.75 bits per heavy atom. The van der Waals surface area contributed by atoms with Crippen LogP contribution in [0.4, 0.5) is 0 Å². The lowest BCUT2D eigenvalue weighted by atomic mass is 9.98. The zero-order valence-electron chi connectivity index (χ0n) is 4.48. The van der Waals surface area contributed by atoms with Crippen LogP contribution in [-0.2, 0) is 4.79 Å². The van der Waals surface area contributed by atoms with Crippen LogP contribution in [0, 0.1) is 5.92 Å². The van der Waals surface area contributed by atoms with Gasteiger partial charge in [-0.25, -0.2) is 0 Å². The molecule has 0 aromatic rings. The van der Waals surface area contributed by atoms with Gasteiger partial charge in [0.2, 0.25) is 5.91 Å². The Labute approximate surface area is 47.9 Å². The van der Waals surface area contributed by atoms with Gasteiger partial charge in [0.1, 0.15) is 0 Å². The molecule has 0 aromatic heterocycles. The predicted octanol–water partition coefficient (Wildman–Crippen LogP) is 0.432. The Morgan fingerprint density at radius 2 is 2.38 bits per heavy atom. The van der Waals surface area contributed by atoms with Crippen LogP contribution >= 0.6 is 0 Å². The molecule has 1 rings (SSSR count). The molecule has 0 radical (unpaired) electrons. The van der Waals surface area contributed by atoms with Crippen molar-refractivity contribution in [1.82, 2.24) is 5.32 Å². The summed E-state index contributed by atoms with van der Waals surface area (Å²) in [6.45, 7) is 7.02. The number of carbonyl (C=O) groups is 1. The van der Waals surface area contributed by atoms with E-state index in [2.05, 4.69) is 18.5 Å². The van der Waals surface area contributed by atoms with Crippen LogP contribution in [0.15, 0.2) is 24.9 Å². The number of β-lactam (4-membered cyclic amide) rings is 1.